The molecule has 0 bridgehead atoms. The summed E-state index contributed by atoms with van der Waals surface area (Å²) in [6.07, 6.45) is 4.14. The average molecular weight is 415 g/mol. The topological polar surface area (TPSA) is 90.0 Å². The van der Waals surface area contributed by atoms with E-state index in [1.54, 1.807) is 36.2 Å². The van der Waals surface area contributed by atoms with Gasteiger partial charge in [0.1, 0.15) is 12.1 Å². The van der Waals surface area contributed by atoms with Crippen LogP contribution in [-0.2, 0) is 9.59 Å². The van der Waals surface area contributed by atoms with E-state index >= 15 is 0 Å². The van der Waals surface area contributed by atoms with Crippen molar-refractivity contribution in [3.63, 3.8) is 0 Å². The molecule has 1 aliphatic carbocycles. The van der Waals surface area contributed by atoms with Crippen molar-refractivity contribution in [1.82, 2.24) is 14.7 Å². The first-order chi connectivity index (χ1) is 14.3. The Bertz CT molecular complexity index is 843. The molecule has 0 radical (unpaired) electrons. The second-order valence-corrected chi connectivity index (χ2v) is 7.93. The molecular weight excluding hydrogens is 384 g/mol. The zero-order valence-electron chi connectivity index (χ0n) is 17.9. The third-order valence-corrected chi connectivity index (χ3v) is 6.23. The summed E-state index contributed by atoms with van der Waals surface area (Å²) in [6.45, 7) is 4.68. The number of rotatable bonds is 6. The highest BCUT2D eigenvalue weighted by Gasteiger charge is 2.55. The lowest BCUT2D eigenvalue weighted by Gasteiger charge is -2.35. The smallest absolute Gasteiger partial charge is 0.327 e. The molecule has 1 spiro atoms. The number of carbonyl (C=O) groups is 4. The predicted molar refractivity (Wildman–Crippen MR) is 113 cm³/mol. The summed E-state index contributed by atoms with van der Waals surface area (Å²) in [7, 11) is 1.64. The van der Waals surface area contributed by atoms with Gasteiger partial charge in [0, 0.05) is 31.4 Å². The van der Waals surface area contributed by atoms with Crippen LogP contribution in [-0.4, -0.2) is 70.7 Å². The van der Waals surface area contributed by atoms with Crippen LogP contribution >= 0.6 is 0 Å². The van der Waals surface area contributed by atoms with E-state index in [2.05, 4.69) is 5.32 Å². The fraction of sp³-hybridized carbons (Fsp3) is 0.545. The number of likely N-dealkylation sites (N-methyl/N-ethyl adjacent to an activating group) is 1. The van der Waals surface area contributed by atoms with Crippen molar-refractivity contribution >= 4 is 29.4 Å². The Hall–Kier alpha value is -2.90. The Balaban J connectivity index is 1.69. The molecule has 1 heterocycles. The minimum atomic E-state index is -0.800. The number of anilines is 1. The van der Waals surface area contributed by atoms with Crippen LogP contribution in [0.2, 0.25) is 0 Å². The summed E-state index contributed by atoms with van der Waals surface area (Å²) >= 11 is 0. The fourth-order valence-corrected chi connectivity index (χ4v) is 4.44. The Morgan fingerprint density at radius 3 is 2.40 bits per heavy atom. The summed E-state index contributed by atoms with van der Waals surface area (Å²) in [5, 5.41) is 2.71. The van der Waals surface area contributed by atoms with E-state index in [0.717, 1.165) is 24.2 Å². The molecule has 1 aliphatic heterocycles. The Kier molecular flexibility index (Phi) is 6.43. The van der Waals surface area contributed by atoms with Crippen LogP contribution in [0.25, 0.3) is 0 Å². The highest BCUT2D eigenvalue weighted by Crippen LogP contribution is 2.39. The number of benzene rings is 1. The first-order valence-corrected chi connectivity index (χ1v) is 10.6. The number of hydrogen-bond acceptors (Lipinski definition) is 4. The molecule has 8 nitrogen and oxygen atoms in total. The predicted octanol–water partition coefficient (Wildman–Crippen LogP) is 2.70. The maximum absolute atomic E-state index is 13.0. The molecule has 1 saturated heterocycles. The van der Waals surface area contributed by atoms with Gasteiger partial charge in [-0.15, -0.1) is 0 Å². The van der Waals surface area contributed by atoms with Crippen molar-refractivity contribution in [3.05, 3.63) is 29.8 Å². The molecule has 1 aromatic rings. The number of nitrogens with one attached hydrogen (secondary N) is 1. The van der Waals surface area contributed by atoms with Crippen molar-refractivity contribution in [2.24, 2.45) is 0 Å². The van der Waals surface area contributed by atoms with Crippen molar-refractivity contribution in [1.29, 1.82) is 0 Å². The number of nitrogens with zero attached hydrogens (tertiary/aromatic N) is 3. The highest BCUT2D eigenvalue weighted by atomic mass is 16.2. The molecule has 0 unspecified atom stereocenters. The lowest BCUT2D eigenvalue weighted by molar-refractivity contribution is -0.136. The van der Waals surface area contributed by atoms with Crippen LogP contribution in [0.5, 0.6) is 0 Å². The summed E-state index contributed by atoms with van der Waals surface area (Å²) in [5.41, 5.74) is 0.134. The zero-order chi connectivity index (χ0) is 21.9. The van der Waals surface area contributed by atoms with Gasteiger partial charge in [0.05, 0.1) is 0 Å². The van der Waals surface area contributed by atoms with Gasteiger partial charge in [0.15, 0.2) is 0 Å². The molecule has 162 valence electrons. The third-order valence-electron chi connectivity index (χ3n) is 6.23. The first kappa shape index (κ1) is 21.8. The maximum atomic E-state index is 13.0. The molecule has 2 aliphatic rings. The van der Waals surface area contributed by atoms with E-state index in [1.165, 1.54) is 4.90 Å². The second-order valence-electron chi connectivity index (χ2n) is 7.93. The van der Waals surface area contributed by atoms with E-state index in [1.807, 2.05) is 13.8 Å². The standard InChI is InChI=1S/C22H30N4O4/c1-4-25(5-2)19(28)16-10-9-11-17(14-16)23-18(27)15-26-20(29)22(24(3)21(26)30)12-7-6-8-13-22/h9-11,14H,4-8,12-13,15H2,1-3H3,(H,23,27). The van der Waals surface area contributed by atoms with Gasteiger partial charge in [-0.25, -0.2) is 4.79 Å². The van der Waals surface area contributed by atoms with Gasteiger partial charge in [-0.05, 0) is 44.9 Å². The fourth-order valence-electron chi connectivity index (χ4n) is 4.44. The van der Waals surface area contributed by atoms with Gasteiger partial charge in [-0.2, -0.15) is 0 Å². The quantitative estimate of drug-likeness (QED) is 0.725. The molecular formula is C22H30N4O4. The van der Waals surface area contributed by atoms with Crippen LogP contribution in [0.1, 0.15) is 56.3 Å². The summed E-state index contributed by atoms with van der Waals surface area (Å²) in [4.78, 5) is 55.0. The Morgan fingerprint density at radius 1 is 1.10 bits per heavy atom. The second kappa shape index (κ2) is 8.85. The summed E-state index contributed by atoms with van der Waals surface area (Å²) in [5.74, 6) is -0.859. The van der Waals surface area contributed by atoms with E-state index in [-0.39, 0.29) is 18.4 Å². The number of hydrogen-bond donors (Lipinski definition) is 1. The van der Waals surface area contributed by atoms with Crippen molar-refractivity contribution in [2.45, 2.75) is 51.5 Å². The monoisotopic (exact) mass is 414 g/mol. The minimum absolute atomic E-state index is 0.109. The maximum Gasteiger partial charge on any atom is 0.327 e. The van der Waals surface area contributed by atoms with Gasteiger partial charge in [0.2, 0.25) is 5.91 Å². The van der Waals surface area contributed by atoms with Crippen LogP contribution in [0.15, 0.2) is 24.3 Å². The third kappa shape index (κ3) is 3.91. The van der Waals surface area contributed by atoms with Gasteiger partial charge in [0.25, 0.3) is 11.8 Å². The summed E-state index contributed by atoms with van der Waals surface area (Å²) < 4.78 is 0. The number of urea groups is 1. The van der Waals surface area contributed by atoms with E-state index in [9.17, 15) is 19.2 Å². The molecule has 1 saturated carbocycles. The Labute approximate surface area is 177 Å². The molecule has 0 atom stereocenters. The van der Waals surface area contributed by atoms with Crippen LogP contribution in [0.4, 0.5) is 10.5 Å². The molecule has 2 fully saturated rings. The van der Waals surface area contributed by atoms with Gasteiger partial charge in [-0.3, -0.25) is 19.3 Å². The molecule has 3 rings (SSSR count). The van der Waals surface area contributed by atoms with Crippen LogP contribution in [0, 0.1) is 0 Å². The van der Waals surface area contributed by atoms with Crippen LogP contribution in [0.3, 0.4) is 0 Å². The lowest BCUT2D eigenvalue weighted by Crippen LogP contribution is -2.49. The van der Waals surface area contributed by atoms with E-state index < -0.39 is 17.5 Å². The average Bonchev–Trinajstić information content (AvgIpc) is 2.91. The zero-order valence-corrected chi connectivity index (χ0v) is 17.9. The van der Waals surface area contributed by atoms with Crippen molar-refractivity contribution in [2.75, 3.05) is 32.0 Å². The van der Waals surface area contributed by atoms with Crippen molar-refractivity contribution < 1.29 is 19.2 Å². The Morgan fingerprint density at radius 2 is 1.77 bits per heavy atom. The van der Waals surface area contributed by atoms with Gasteiger partial charge < -0.3 is 15.1 Å². The minimum Gasteiger partial charge on any atom is -0.339 e. The number of carbonyl (C=O) groups excluding carboxylic acids is 4. The lowest BCUT2D eigenvalue weighted by atomic mass is 9.81. The first-order valence-electron chi connectivity index (χ1n) is 10.6. The molecule has 8 heteroatoms. The number of imide groups is 1. The highest BCUT2D eigenvalue weighted by molar-refractivity contribution is 6.10. The van der Waals surface area contributed by atoms with Gasteiger partial charge >= 0.3 is 6.03 Å². The molecule has 1 N–H and O–H groups in total. The van der Waals surface area contributed by atoms with Crippen molar-refractivity contribution in [3.8, 4) is 0 Å². The van der Waals surface area contributed by atoms with E-state index in [4.69, 9.17) is 0 Å². The van der Waals surface area contributed by atoms with Gasteiger partial charge in [-0.1, -0.05) is 25.3 Å². The van der Waals surface area contributed by atoms with E-state index in [0.29, 0.717) is 37.2 Å². The van der Waals surface area contributed by atoms with Crippen LogP contribution < -0.4 is 5.32 Å². The molecule has 5 amide bonds. The summed E-state index contributed by atoms with van der Waals surface area (Å²) in [6, 6.07) is 6.26. The normalized spacial score (nSPS) is 18.1. The number of amides is 5. The molecule has 0 aromatic heterocycles. The molecule has 30 heavy (non-hydrogen) atoms. The SMILES string of the molecule is CCN(CC)C(=O)c1cccc(NC(=O)CN2C(=O)N(C)C3(CCCCC3)C2=O)c1. The molecule has 1 aromatic carbocycles. The largest absolute Gasteiger partial charge is 0.339 e.